The Balaban J connectivity index is 2.30. The van der Waals surface area contributed by atoms with Gasteiger partial charge in [-0.1, -0.05) is 26.7 Å². The first-order chi connectivity index (χ1) is 9.63. The van der Waals surface area contributed by atoms with E-state index >= 15 is 0 Å². The summed E-state index contributed by atoms with van der Waals surface area (Å²) >= 11 is 0. The van der Waals surface area contributed by atoms with Gasteiger partial charge in [0.2, 0.25) is 0 Å². The van der Waals surface area contributed by atoms with Gasteiger partial charge in [0.1, 0.15) is 0 Å². The fraction of sp³-hybridized carbons (Fsp3) is 1.00. The Hall–Kier alpha value is -0.160. The molecule has 1 rings (SSSR count). The maximum atomic E-state index is 10.1. The van der Waals surface area contributed by atoms with Crippen LogP contribution in [0.15, 0.2) is 0 Å². The lowest BCUT2D eigenvalue weighted by atomic mass is 10.1. The summed E-state index contributed by atoms with van der Waals surface area (Å²) in [6.45, 7) is 7.92. The van der Waals surface area contributed by atoms with Crippen LogP contribution in [0.5, 0.6) is 0 Å². The van der Waals surface area contributed by atoms with Gasteiger partial charge < -0.3 is 14.6 Å². The van der Waals surface area contributed by atoms with Crippen LogP contribution in [-0.4, -0.2) is 62.2 Å². The molecular formula is C16H33NO3. The Morgan fingerprint density at radius 1 is 1.20 bits per heavy atom. The Bertz CT molecular complexity index is 230. The third-order valence-electron chi connectivity index (χ3n) is 4.02. The monoisotopic (exact) mass is 287 g/mol. The molecule has 0 aliphatic heterocycles. The van der Waals surface area contributed by atoms with E-state index in [2.05, 4.69) is 18.7 Å². The Morgan fingerprint density at radius 3 is 2.50 bits per heavy atom. The molecule has 0 aromatic rings. The van der Waals surface area contributed by atoms with Gasteiger partial charge in [-0.25, -0.2) is 0 Å². The summed E-state index contributed by atoms with van der Waals surface area (Å²) in [6, 6.07) is 0.669. The lowest BCUT2D eigenvalue weighted by Crippen LogP contribution is -2.41. The van der Waals surface area contributed by atoms with Gasteiger partial charge in [0.05, 0.1) is 25.9 Å². The normalized spacial score (nSPS) is 18.3. The quantitative estimate of drug-likeness (QED) is 0.592. The van der Waals surface area contributed by atoms with Crippen LogP contribution < -0.4 is 0 Å². The van der Waals surface area contributed by atoms with Crippen LogP contribution >= 0.6 is 0 Å². The average Bonchev–Trinajstić information content (AvgIpc) is 2.93. The van der Waals surface area contributed by atoms with Gasteiger partial charge in [0.25, 0.3) is 0 Å². The predicted molar refractivity (Wildman–Crippen MR) is 82.0 cm³/mol. The first-order valence-corrected chi connectivity index (χ1v) is 8.12. The first kappa shape index (κ1) is 17.9. The van der Waals surface area contributed by atoms with E-state index in [0.29, 0.717) is 31.8 Å². The maximum Gasteiger partial charge on any atom is 0.0900 e. The number of hydrogen-bond acceptors (Lipinski definition) is 4. The Labute approximate surface area is 124 Å². The van der Waals surface area contributed by atoms with E-state index in [4.69, 9.17) is 9.47 Å². The fourth-order valence-corrected chi connectivity index (χ4v) is 2.80. The molecule has 0 heterocycles. The van der Waals surface area contributed by atoms with Crippen LogP contribution in [0.4, 0.5) is 0 Å². The van der Waals surface area contributed by atoms with Gasteiger partial charge in [-0.3, -0.25) is 4.90 Å². The molecule has 0 amide bonds. The molecule has 120 valence electrons. The molecule has 1 saturated carbocycles. The van der Waals surface area contributed by atoms with E-state index in [1.165, 1.54) is 32.1 Å². The molecule has 0 saturated heterocycles. The summed E-state index contributed by atoms with van der Waals surface area (Å²) in [6.07, 6.45) is 6.06. The summed E-state index contributed by atoms with van der Waals surface area (Å²) in [4.78, 5) is 2.48. The zero-order valence-corrected chi connectivity index (χ0v) is 13.5. The van der Waals surface area contributed by atoms with Gasteiger partial charge >= 0.3 is 0 Å². The summed E-state index contributed by atoms with van der Waals surface area (Å²) in [5.74, 6) is 0.717. The van der Waals surface area contributed by atoms with Crippen molar-refractivity contribution in [1.82, 2.24) is 4.90 Å². The molecule has 1 N–H and O–H groups in total. The van der Waals surface area contributed by atoms with Crippen molar-refractivity contribution in [2.75, 3.05) is 40.0 Å². The summed E-state index contributed by atoms with van der Waals surface area (Å²) < 4.78 is 10.4. The molecule has 0 aromatic heterocycles. The van der Waals surface area contributed by atoms with Crippen molar-refractivity contribution in [2.45, 2.75) is 58.1 Å². The summed E-state index contributed by atoms with van der Waals surface area (Å²) in [5, 5.41) is 10.1. The van der Waals surface area contributed by atoms with Gasteiger partial charge in [0.15, 0.2) is 0 Å². The van der Waals surface area contributed by atoms with Gasteiger partial charge in [-0.15, -0.1) is 0 Å². The van der Waals surface area contributed by atoms with Gasteiger partial charge in [0, 0.05) is 19.7 Å². The molecule has 0 aromatic carbocycles. The largest absolute Gasteiger partial charge is 0.389 e. The summed E-state index contributed by atoms with van der Waals surface area (Å²) in [5.41, 5.74) is 0. The molecule has 1 aliphatic rings. The smallest absolute Gasteiger partial charge is 0.0900 e. The Kier molecular flexibility index (Phi) is 9.44. The number of ether oxygens (including phenoxy) is 2. The predicted octanol–water partition coefficient (Wildman–Crippen LogP) is 2.30. The zero-order valence-electron chi connectivity index (χ0n) is 13.5. The number of methoxy groups -OCH3 is 1. The second-order valence-electron chi connectivity index (χ2n) is 6.34. The van der Waals surface area contributed by atoms with E-state index in [0.717, 1.165) is 13.1 Å². The lowest BCUT2D eigenvalue weighted by Gasteiger charge is -2.31. The molecule has 4 heteroatoms. The highest BCUT2D eigenvalue weighted by molar-refractivity contribution is 4.79. The van der Waals surface area contributed by atoms with E-state index < -0.39 is 0 Å². The first-order valence-electron chi connectivity index (χ1n) is 8.12. The van der Waals surface area contributed by atoms with Crippen LogP contribution in [-0.2, 0) is 9.47 Å². The minimum absolute atomic E-state index is 0.389. The highest BCUT2D eigenvalue weighted by Crippen LogP contribution is 2.24. The van der Waals surface area contributed by atoms with Crippen molar-refractivity contribution in [2.24, 2.45) is 5.92 Å². The molecule has 1 aliphatic carbocycles. The van der Waals surface area contributed by atoms with Crippen molar-refractivity contribution in [3.63, 3.8) is 0 Å². The molecule has 0 spiro atoms. The molecule has 0 radical (unpaired) electrons. The lowest BCUT2D eigenvalue weighted by molar-refractivity contribution is -0.00677. The van der Waals surface area contributed by atoms with Crippen LogP contribution in [0, 0.1) is 5.92 Å². The number of aliphatic hydroxyl groups excluding tert-OH is 1. The highest BCUT2D eigenvalue weighted by Gasteiger charge is 2.24. The maximum absolute atomic E-state index is 10.1. The molecule has 4 nitrogen and oxygen atoms in total. The van der Waals surface area contributed by atoms with E-state index in [9.17, 15) is 5.11 Å². The average molecular weight is 287 g/mol. The highest BCUT2D eigenvalue weighted by atomic mass is 16.5. The standard InChI is InChI=1S/C16H33NO3/c1-14(2)8-9-17(15-6-4-5-7-15)12-16(18)13-20-11-10-19-3/h14-16,18H,4-13H2,1-3H3. The van der Waals surface area contributed by atoms with Crippen LogP contribution in [0.1, 0.15) is 46.0 Å². The van der Waals surface area contributed by atoms with Gasteiger partial charge in [-0.05, 0) is 31.7 Å². The number of rotatable bonds is 11. The molecule has 20 heavy (non-hydrogen) atoms. The zero-order chi connectivity index (χ0) is 14.8. The van der Waals surface area contributed by atoms with Crippen molar-refractivity contribution >= 4 is 0 Å². The SMILES string of the molecule is COCCOCC(O)CN(CCC(C)C)C1CCCC1. The van der Waals surface area contributed by atoms with Crippen molar-refractivity contribution in [1.29, 1.82) is 0 Å². The fourth-order valence-electron chi connectivity index (χ4n) is 2.80. The van der Waals surface area contributed by atoms with Crippen molar-refractivity contribution in [3.05, 3.63) is 0 Å². The van der Waals surface area contributed by atoms with E-state index in [1.807, 2.05) is 0 Å². The summed E-state index contributed by atoms with van der Waals surface area (Å²) in [7, 11) is 1.66. The molecule has 1 fully saturated rings. The van der Waals surface area contributed by atoms with E-state index in [1.54, 1.807) is 7.11 Å². The molecular weight excluding hydrogens is 254 g/mol. The van der Waals surface area contributed by atoms with Crippen LogP contribution in [0.25, 0.3) is 0 Å². The third-order valence-corrected chi connectivity index (χ3v) is 4.02. The van der Waals surface area contributed by atoms with Crippen molar-refractivity contribution < 1.29 is 14.6 Å². The second kappa shape index (κ2) is 10.6. The molecule has 0 bridgehead atoms. The molecule has 1 atom stereocenters. The minimum atomic E-state index is -0.389. The minimum Gasteiger partial charge on any atom is -0.389 e. The third kappa shape index (κ3) is 7.58. The van der Waals surface area contributed by atoms with Crippen molar-refractivity contribution in [3.8, 4) is 0 Å². The number of nitrogens with zero attached hydrogens (tertiary/aromatic N) is 1. The van der Waals surface area contributed by atoms with E-state index in [-0.39, 0.29) is 6.10 Å². The second-order valence-corrected chi connectivity index (χ2v) is 6.34. The van der Waals surface area contributed by atoms with Crippen LogP contribution in [0.3, 0.4) is 0 Å². The topological polar surface area (TPSA) is 41.9 Å². The Morgan fingerprint density at radius 2 is 1.90 bits per heavy atom. The van der Waals surface area contributed by atoms with Gasteiger partial charge in [-0.2, -0.15) is 0 Å². The number of hydrogen-bond donors (Lipinski definition) is 1. The van der Waals surface area contributed by atoms with Crippen LogP contribution in [0.2, 0.25) is 0 Å². The number of aliphatic hydroxyl groups is 1. The molecule has 1 unspecified atom stereocenters.